The summed E-state index contributed by atoms with van der Waals surface area (Å²) in [5.41, 5.74) is 2.89. The summed E-state index contributed by atoms with van der Waals surface area (Å²) in [7, 11) is 0. The minimum absolute atomic E-state index is 0.746. The van der Waals surface area contributed by atoms with Gasteiger partial charge in [0.05, 0.1) is 5.69 Å². The van der Waals surface area contributed by atoms with Crippen LogP contribution in [-0.2, 0) is 0 Å². The zero-order valence-corrected chi connectivity index (χ0v) is 12.4. The zero-order chi connectivity index (χ0) is 12.4. The Hall–Kier alpha value is -0.540. The fraction of sp³-hybridized carbons (Fsp3) is 0.600. The van der Waals surface area contributed by atoms with Crippen molar-refractivity contribution >= 4 is 21.6 Å². The van der Waals surface area contributed by atoms with Crippen molar-refractivity contribution in [1.29, 1.82) is 0 Å². The molecule has 0 saturated carbocycles. The number of nitrogens with one attached hydrogen (secondary N) is 1. The highest BCUT2D eigenvalue weighted by atomic mass is 79.9. The number of benzene rings is 1. The van der Waals surface area contributed by atoms with Crippen LogP contribution in [0.5, 0.6) is 0 Å². The van der Waals surface area contributed by atoms with Gasteiger partial charge in [0, 0.05) is 17.6 Å². The van der Waals surface area contributed by atoms with Crippen LogP contribution in [0.1, 0.15) is 37.2 Å². The summed E-state index contributed by atoms with van der Waals surface area (Å²) >= 11 is 3.77. The van der Waals surface area contributed by atoms with E-state index in [1.807, 2.05) is 0 Å². The molecule has 98 valence electrons. The van der Waals surface area contributed by atoms with Crippen molar-refractivity contribution in [2.75, 3.05) is 31.1 Å². The van der Waals surface area contributed by atoms with E-state index in [0.717, 1.165) is 19.0 Å². The normalized spacial score (nSPS) is 21.5. The summed E-state index contributed by atoms with van der Waals surface area (Å²) in [6.07, 6.45) is 5.22. The Balaban J connectivity index is 1.79. The third-order valence-corrected chi connectivity index (χ3v) is 4.86. The van der Waals surface area contributed by atoms with Gasteiger partial charge in [0.1, 0.15) is 0 Å². The van der Waals surface area contributed by atoms with Gasteiger partial charge in [-0.1, -0.05) is 6.07 Å². The summed E-state index contributed by atoms with van der Waals surface area (Å²) in [5, 5.41) is 3.44. The molecule has 0 spiro atoms. The second-order valence-electron chi connectivity index (χ2n) is 5.43. The molecule has 0 atom stereocenters. The highest BCUT2D eigenvalue weighted by Crippen LogP contribution is 2.34. The zero-order valence-electron chi connectivity index (χ0n) is 10.8. The molecule has 0 bridgehead atoms. The number of halogens is 1. The van der Waals surface area contributed by atoms with E-state index in [4.69, 9.17) is 0 Å². The van der Waals surface area contributed by atoms with Crippen molar-refractivity contribution in [1.82, 2.24) is 5.32 Å². The van der Waals surface area contributed by atoms with Gasteiger partial charge < -0.3 is 10.2 Å². The minimum Gasteiger partial charge on any atom is -0.371 e. The highest BCUT2D eigenvalue weighted by Gasteiger charge is 2.18. The molecule has 18 heavy (non-hydrogen) atoms. The quantitative estimate of drug-likeness (QED) is 0.899. The van der Waals surface area contributed by atoms with Gasteiger partial charge in [-0.05, 0) is 78.3 Å². The van der Waals surface area contributed by atoms with E-state index in [-0.39, 0.29) is 0 Å². The van der Waals surface area contributed by atoms with Gasteiger partial charge in [0.2, 0.25) is 0 Å². The monoisotopic (exact) mass is 308 g/mol. The average Bonchev–Trinajstić information content (AvgIpc) is 2.93. The fourth-order valence-electron chi connectivity index (χ4n) is 3.15. The molecule has 0 unspecified atom stereocenters. The van der Waals surface area contributed by atoms with Crippen LogP contribution in [0.3, 0.4) is 0 Å². The van der Waals surface area contributed by atoms with E-state index in [0.29, 0.717) is 0 Å². The smallest absolute Gasteiger partial charge is 0.0510 e. The molecule has 1 aromatic rings. The van der Waals surface area contributed by atoms with Crippen LogP contribution < -0.4 is 10.2 Å². The van der Waals surface area contributed by atoms with Crippen molar-refractivity contribution in [3.8, 4) is 0 Å². The third kappa shape index (κ3) is 2.57. The predicted molar refractivity (Wildman–Crippen MR) is 80.4 cm³/mol. The molecular formula is C15H21BrN2. The van der Waals surface area contributed by atoms with Crippen LogP contribution in [0.2, 0.25) is 0 Å². The van der Waals surface area contributed by atoms with Crippen molar-refractivity contribution in [3.63, 3.8) is 0 Å². The van der Waals surface area contributed by atoms with Gasteiger partial charge in [0.15, 0.2) is 0 Å². The number of hydrogen-bond donors (Lipinski definition) is 1. The van der Waals surface area contributed by atoms with Crippen molar-refractivity contribution in [3.05, 3.63) is 28.2 Å². The van der Waals surface area contributed by atoms with Crippen LogP contribution in [0, 0.1) is 0 Å². The van der Waals surface area contributed by atoms with E-state index in [1.165, 1.54) is 54.5 Å². The molecule has 3 rings (SSSR count). The molecular weight excluding hydrogens is 288 g/mol. The summed E-state index contributed by atoms with van der Waals surface area (Å²) in [5.74, 6) is 0.746. The SMILES string of the molecule is Brc1cc(C2CCNCC2)ccc1N1CCCC1. The minimum atomic E-state index is 0.746. The summed E-state index contributed by atoms with van der Waals surface area (Å²) in [6, 6.07) is 7.00. The van der Waals surface area contributed by atoms with E-state index in [2.05, 4.69) is 44.3 Å². The van der Waals surface area contributed by atoms with E-state index in [1.54, 1.807) is 0 Å². The second kappa shape index (κ2) is 5.62. The number of piperidine rings is 1. The maximum absolute atomic E-state index is 3.77. The number of anilines is 1. The molecule has 2 heterocycles. The molecule has 2 aliphatic heterocycles. The van der Waals surface area contributed by atoms with Gasteiger partial charge in [-0.2, -0.15) is 0 Å². The standard InChI is InChI=1S/C15H21BrN2/c16-14-11-13(12-5-7-17-8-6-12)3-4-15(14)18-9-1-2-10-18/h3-4,11-12,17H,1-2,5-10H2. The first-order valence-electron chi connectivity index (χ1n) is 7.10. The van der Waals surface area contributed by atoms with Crippen molar-refractivity contribution < 1.29 is 0 Å². The Kier molecular flexibility index (Phi) is 3.90. The molecule has 0 aliphatic carbocycles. The lowest BCUT2D eigenvalue weighted by Crippen LogP contribution is -2.26. The van der Waals surface area contributed by atoms with Crippen LogP contribution in [0.15, 0.2) is 22.7 Å². The molecule has 2 saturated heterocycles. The Morgan fingerprint density at radius 2 is 1.83 bits per heavy atom. The largest absolute Gasteiger partial charge is 0.371 e. The molecule has 2 aliphatic rings. The van der Waals surface area contributed by atoms with Crippen molar-refractivity contribution in [2.45, 2.75) is 31.6 Å². The molecule has 2 fully saturated rings. The number of hydrogen-bond acceptors (Lipinski definition) is 2. The maximum atomic E-state index is 3.77. The molecule has 2 nitrogen and oxygen atoms in total. The Bertz CT molecular complexity index is 407. The van der Waals surface area contributed by atoms with E-state index >= 15 is 0 Å². The molecule has 0 amide bonds. The van der Waals surface area contributed by atoms with E-state index in [9.17, 15) is 0 Å². The number of rotatable bonds is 2. The van der Waals surface area contributed by atoms with E-state index < -0.39 is 0 Å². The predicted octanol–water partition coefficient (Wildman–Crippen LogP) is 3.52. The molecule has 1 N–H and O–H groups in total. The van der Waals surface area contributed by atoms with Gasteiger partial charge in [-0.25, -0.2) is 0 Å². The van der Waals surface area contributed by atoms with Crippen LogP contribution >= 0.6 is 15.9 Å². The van der Waals surface area contributed by atoms with Crippen LogP contribution in [0.4, 0.5) is 5.69 Å². The molecule has 0 aromatic heterocycles. The summed E-state index contributed by atoms with van der Waals surface area (Å²) < 4.78 is 1.28. The third-order valence-electron chi connectivity index (χ3n) is 4.23. The average molecular weight is 309 g/mol. The van der Waals surface area contributed by atoms with Gasteiger partial charge in [0.25, 0.3) is 0 Å². The first-order chi connectivity index (χ1) is 8.84. The lowest BCUT2D eigenvalue weighted by Gasteiger charge is -2.25. The molecule has 0 radical (unpaired) electrons. The lowest BCUT2D eigenvalue weighted by molar-refractivity contribution is 0.460. The summed E-state index contributed by atoms with van der Waals surface area (Å²) in [6.45, 7) is 4.75. The Morgan fingerprint density at radius 1 is 1.11 bits per heavy atom. The molecule has 1 aromatic carbocycles. The first-order valence-corrected chi connectivity index (χ1v) is 7.89. The fourth-order valence-corrected chi connectivity index (χ4v) is 3.79. The lowest BCUT2D eigenvalue weighted by atomic mass is 9.90. The Labute approximate surface area is 118 Å². The molecule has 3 heteroatoms. The van der Waals surface area contributed by atoms with Gasteiger partial charge >= 0.3 is 0 Å². The topological polar surface area (TPSA) is 15.3 Å². The first kappa shape index (κ1) is 12.5. The Morgan fingerprint density at radius 3 is 2.50 bits per heavy atom. The van der Waals surface area contributed by atoms with Crippen LogP contribution in [0.25, 0.3) is 0 Å². The number of nitrogens with zero attached hydrogens (tertiary/aromatic N) is 1. The second-order valence-corrected chi connectivity index (χ2v) is 6.28. The van der Waals surface area contributed by atoms with Gasteiger partial charge in [-0.15, -0.1) is 0 Å². The van der Waals surface area contributed by atoms with Gasteiger partial charge in [-0.3, -0.25) is 0 Å². The summed E-state index contributed by atoms with van der Waals surface area (Å²) in [4.78, 5) is 2.50. The highest BCUT2D eigenvalue weighted by molar-refractivity contribution is 9.10. The van der Waals surface area contributed by atoms with Crippen molar-refractivity contribution in [2.24, 2.45) is 0 Å². The maximum Gasteiger partial charge on any atom is 0.0510 e. The van der Waals surface area contributed by atoms with Crippen LogP contribution in [-0.4, -0.2) is 26.2 Å².